The molecule has 0 fully saturated rings. The lowest BCUT2D eigenvalue weighted by atomic mass is 9.93. The molecule has 0 bridgehead atoms. The molecular weight excluding hydrogens is 256 g/mol. The van der Waals surface area contributed by atoms with Crippen molar-refractivity contribution in [3.8, 4) is 0 Å². The number of hydrogen-bond acceptors (Lipinski definition) is 3. The Morgan fingerprint density at radius 2 is 2.13 bits per heavy atom. The molecule has 0 saturated carbocycles. The second-order valence-electron chi connectivity index (χ2n) is 3.96. The smallest absolute Gasteiger partial charge is 0.151 e. The van der Waals surface area contributed by atoms with Gasteiger partial charge in [0.1, 0.15) is 0 Å². The van der Waals surface area contributed by atoms with Crippen LogP contribution in [0.5, 0.6) is 0 Å². The Labute approximate surface area is 99.6 Å². The number of aromatic nitrogens is 3. The van der Waals surface area contributed by atoms with Crippen molar-refractivity contribution in [1.82, 2.24) is 20.3 Å². The summed E-state index contributed by atoms with van der Waals surface area (Å²) >= 11 is 3.44. The fraction of sp³-hybridized carbons (Fsp3) is 0.800. The van der Waals surface area contributed by atoms with E-state index in [9.17, 15) is 0 Å². The summed E-state index contributed by atoms with van der Waals surface area (Å²) in [7, 11) is 1.93. The van der Waals surface area contributed by atoms with Gasteiger partial charge >= 0.3 is 0 Å². The molecule has 2 atom stereocenters. The molecule has 0 radical (unpaired) electrons. The van der Waals surface area contributed by atoms with Crippen LogP contribution >= 0.6 is 15.9 Å². The maximum atomic E-state index is 4.01. The largest absolute Gasteiger partial charge is 0.317 e. The summed E-state index contributed by atoms with van der Waals surface area (Å²) in [6.45, 7) is 8.62. The Hall–Kier alpha value is -0.420. The third-order valence-corrected chi connectivity index (χ3v) is 3.39. The van der Waals surface area contributed by atoms with Crippen LogP contribution in [-0.4, -0.2) is 28.1 Å². The van der Waals surface area contributed by atoms with E-state index < -0.39 is 0 Å². The van der Waals surface area contributed by atoms with Crippen molar-refractivity contribution >= 4 is 15.9 Å². The second kappa shape index (κ2) is 5.61. The van der Waals surface area contributed by atoms with Crippen molar-refractivity contribution in [2.75, 3.05) is 13.1 Å². The summed E-state index contributed by atoms with van der Waals surface area (Å²) < 4.78 is 2.71. The number of nitrogens with one attached hydrogen (secondary N) is 1. The van der Waals surface area contributed by atoms with Crippen molar-refractivity contribution in [2.45, 2.75) is 26.7 Å². The molecule has 86 valence electrons. The van der Waals surface area contributed by atoms with Gasteiger partial charge in [0.25, 0.3) is 0 Å². The molecule has 15 heavy (non-hydrogen) atoms. The van der Waals surface area contributed by atoms with Gasteiger partial charge < -0.3 is 5.32 Å². The average Bonchev–Trinajstić information content (AvgIpc) is 2.54. The lowest BCUT2D eigenvalue weighted by molar-refractivity contribution is 0.433. The molecule has 0 spiro atoms. The van der Waals surface area contributed by atoms with E-state index >= 15 is 0 Å². The highest BCUT2D eigenvalue weighted by Crippen LogP contribution is 2.27. The summed E-state index contributed by atoms with van der Waals surface area (Å²) in [5.74, 6) is 1.01. The van der Waals surface area contributed by atoms with Gasteiger partial charge in [-0.05, 0) is 34.9 Å². The lowest BCUT2D eigenvalue weighted by Gasteiger charge is -2.20. The van der Waals surface area contributed by atoms with Crippen LogP contribution in [0.4, 0.5) is 0 Å². The molecule has 2 unspecified atom stereocenters. The number of hydrogen-bond donors (Lipinski definition) is 1. The molecule has 1 aromatic rings. The molecule has 0 aliphatic heterocycles. The van der Waals surface area contributed by atoms with Crippen LogP contribution in [0, 0.1) is 5.92 Å². The normalized spacial score (nSPS) is 15.3. The Morgan fingerprint density at radius 1 is 1.47 bits per heavy atom. The van der Waals surface area contributed by atoms with E-state index in [1.54, 1.807) is 0 Å². The van der Waals surface area contributed by atoms with E-state index in [2.05, 4.69) is 52.3 Å². The molecule has 0 aliphatic carbocycles. The summed E-state index contributed by atoms with van der Waals surface area (Å²) in [5, 5.41) is 11.4. The predicted octanol–water partition coefficient (Wildman–Crippen LogP) is 1.93. The van der Waals surface area contributed by atoms with Gasteiger partial charge in [-0.3, -0.25) is 4.68 Å². The van der Waals surface area contributed by atoms with Gasteiger partial charge in [0.05, 0.1) is 5.69 Å². The minimum Gasteiger partial charge on any atom is -0.317 e. The Kier molecular flexibility index (Phi) is 4.73. The number of rotatable bonds is 5. The Morgan fingerprint density at radius 3 is 2.60 bits per heavy atom. The van der Waals surface area contributed by atoms with E-state index in [1.165, 1.54) is 5.69 Å². The van der Waals surface area contributed by atoms with E-state index in [4.69, 9.17) is 0 Å². The molecule has 4 nitrogen and oxygen atoms in total. The summed E-state index contributed by atoms with van der Waals surface area (Å²) in [6.07, 6.45) is 0. The van der Waals surface area contributed by atoms with E-state index in [-0.39, 0.29) is 0 Å². The van der Waals surface area contributed by atoms with Gasteiger partial charge in [-0.25, -0.2) is 0 Å². The van der Waals surface area contributed by atoms with Gasteiger partial charge in [0.15, 0.2) is 4.60 Å². The molecule has 0 amide bonds. The topological polar surface area (TPSA) is 42.7 Å². The van der Waals surface area contributed by atoms with Gasteiger partial charge in [-0.2, -0.15) is 0 Å². The van der Waals surface area contributed by atoms with E-state index in [1.807, 2.05) is 11.7 Å². The third-order valence-electron chi connectivity index (χ3n) is 2.83. The van der Waals surface area contributed by atoms with Crippen LogP contribution in [0.15, 0.2) is 4.60 Å². The molecule has 5 heteroatoms. The molecule has 0 aliphatic rings. The predicted molar refractivity (Wildman–Crippen MR) is 64.8 cm³/mol. The van der Waals surface area contributed by atoms with Gasteiger partial charge in [-0.15, -0.1) is 5.10 Å². The standard InChI is InChI=1S/C10H19BrN4/c1-5-12-6-7(2)8(3)9-10(11)13-14-15(9)4/h7-8,12H,5-6H2,1-4H3. The molecule has 0 aromatic carbocycles. The molecule has 1 N–H and O–H groups in total. The van der Waals surface area contributed by atoms with Crippen molar-refractivity contribution in [1.29, 1.82) is 0 Å². The van der Waals surface area contributed by atoms with Crippen LogP contribution in [0.25, 0.3) is 0 Å². The first-order chi connectivity index (χ1) is 7.07. The fourth-order valence-corrected chi connectivity index (χ4v) is 2.33. The first kappa shape index (κ1) is 12.6. The van der Waals surface area contributed by atoms with Crippen molar-refractivity contribution < 1.29 is 0 Å². The highest BCUT2D eigenvalue weighted by atomic mass is 79.9. The van der Waals surface area contributed by atoms with Crippen LogP contribution in [-0.2, 0) is 7.05 Å². The minimum absolute atomic E-state index is 0.443. The first-order valence-electron chi connectivity index (χ1n) is 5.33. The number of aryl methyl sites for hydroxylation is 1. The van der Waals surface area contributed by atoms with E-state index in [0.717, 1.165) is 17.7 Å². The first-order valence-corrected chi connectivity index (χ1v) is 6.13. The number of nitrogens with zero attached hydrogens (tertiary/aromatic N) is 3. The molecule has 1 aromatic heterocycles. The summed E-state index contributed by atoms with van der Waals surface area (Å²) in [4.78, 5) is 0. The average molecular weight is 275 g/mol. The Balaban J connectivity index is 2.71. The van der Waals surface area contributed by atoms with Crippen molar-refractivity contribution in [3.63, 3.8) is 0 Å². The van der Waals surface area contributed by atoms with Crippen LogP contribution in [0.2, 0.25) is 0 Å². The van der Waals surface area contributed by atoms with Gasteiger partial charge in [0, 0.05) is 13.0 Å². The molecule has 1 heterocycles. The third kappa shape index (κ3) is 3.01. The highest BCUT2D eigenvalue weighted by Gasteiger charge is 2.20. The molecular formula is C10H19BrN4. The minimum atomic E-state index is 0.443. The van der Waals surface area contributed by atoms with Crippen LogP contribution < -0.4 is 5.32 Å². The molecule has 1 rings (SSSR count). The van der Waals surface area contributed by atoms with Gasteiger partial charge in [0.2, 0.25) is 0 Å². The quantitative estimate of drug-likeness (QED) is 0.892. The zero-order valence-corrected chi connectivity index (χ0v) is 11.4. The number of halogens is 1. The monoisotopic (exact) mass is 274 g/mol. The van der Waals surface area contributed by atoms with Crippen LogP contribution in [0.3, 0.4) is 0 Å². The van der Waals surface area contributed by atoms with Crippen LogP contribution in [0.1, 0.15) is 32.4 Å². The molecule has 0 saturated heterocycles. The zero-order chi connectivity index (χ0) is 11.4. The lowest BCUT2D eigenvalue weighted by Crippen LogP contribution is -2.25. The van der Waals surface area contributed by atoms with Gasteiger partial charge in [-0.1, -0.05) is 26.0 Å². The summed E-state index contributed by atoms with van der Waals surface area (Å²) in [5.41, 5.74) is 1.17. The second-order valence-corrected chi connectivity index (χ2v) is 4.71. The summed E-state index contributed by atoms with van der Waals surface area (Å²) in [6, 6.07) is 0. The Bertz CT molecular complexity index is 291. The van der Waals surface area contributed by atoms with Crippen molar-refractivity contribution in [3.05, 3.63) is 10.3 Å². The SMILES string of the molecule is CCNCC(C)C(C)c1c(Br)nnn1C. The fourth-order valence-electron chi connectivity index (χ4n) is 1.64. The zero-order valence-electron chi connectivity index (χ0n) is 9.79. The highest BCUT2D eigenvalue weighted by molar-refractivity contribution is 9.10. The van der Waals surface area contributed by atoms with Crippen molar-refractivity contribution in [2.24, 2.45) is 13.0 Å². The maximum Gasteiger partial charge on any atom is 0.151 e. The van der Waals surface area contributed by atoms with E-state index in [0.29, 0.717) is 11.8 Å². The maximum absolute atomic E-state index is 4.01.